The van der Waals surface area contributed by atoms with Crippen molar-refractivity contribution < 1.29 is 14.6 Å². The molecule has 92 valence electrons. The second kappa shape index (κ2) is 3.91. The Kier molecular flexibility index (Phi) is 2.86. The lowest BCUT2D eigenvalue weighted by atomic mass is 9.72. The van der Waals surface area contributed by atoms with E-state index in [0.717, 1.165) is 12.8 Å². The van der Waals surface area contributed by atoms with Gasteiger partial charge in [0, 0.05) is 18.5 Å². The van der Waals surface area contributed by atoms with Crippen molar-refractivity contribution in [3.8, 4) is 0 Å². The van der Waals surface area contributed by atoms with Gasteiger partial charge in [-0.3, -0.25) is 0 Å². The van der Waals surface area contributed by atoms with Crippen LogP contribution in [0.1, 0.15) is 40.0 Å². The molecule has 1 unspecified atom stereocenters. The van der Waals surface area contributed by atoms with Crippen molar-refractivity contribution in [2.24, 2.45) is 5.92 Å². The lowest BCUT2D eigenvalue weighted by molar-refractivity contribution is -0.0731. The number of amides is 1. The minimum Gasteiger partial charge on any atom is -0.444 e. The molecule has 2 fully saturated rings. The number of piperidine rings is 1. The van der Waals surface area contributed by atoms with E-state index in [0.29, 0.717) is 13.0 Å². The average molecular weight is 227 g/mol. The average Bonchev–Trinajstić information content (AvgIpc) is 2.04. The van der Waals surface area contributed by atoms with E-state index in [-0.39, 0.29) is 24.2 Å². The second-order valence-electron chi connectivity index (χ2n) is 5.84. The molecule has 0 aromatic carbocycles. The van der Waals surface area contributed by atoms with Gasteiger partial charge in [0.15, 0.2) is 0 Å². The van der Waals surface area contributed by atoms with Gasteiger partial charge in [-0.1, -0.05) is 0 Å². The van der Waals surface area contributed by atoms with Crippen LogP contribution in [-0.4, -0.2) is 40.4 Å². The van der Waals surface area contributed by atoms with E-state index in [4.69, 9.17) is 4.74 Å². The summed E-state index contributed by atoms with van der Waals surface area (Å²) >= 11 is 0. The van der Waals surface area contributed by atoms with Gasteiger partial charge in [0.2, 0.25) is 0 Å². The molecule has 16 heavy (non-hydrogen) atoms. The molecule has 0 bridgehead atoms. The summed E-state index contributed by atoms with van der Waals surface area (Å²) in [7, 11) is 0. The van der Waals surface area contributed by atoms with Crippen LogP contribution in [0.5, 0.6) is 0 Å². The number of carbonyl (C=O) groups is 1. The van der Waals surface area contributed by atoms with Crippen molar-refractivity contribution in [3.63, 3.8) is 0 Å². The van der Waals surface area contributed by atoms with Crippen LogP contribution >= 0.6 is 0 Å². The number of nitrogens with zero attached hydrogens (tertiary/aromatic N) is 1. The second-order valence-corrected chi connectivity index (χ2v) is 5.84. The molecular formula is C12H21NO3. The van der Waals surface area contributed by atoms with Gasteiger partial charge in [-0.2, -0.15) is 0 Å². The zero-order valence-electron chi connectivity index (χ0n) is 10.3. The molecule has 4 nitrogen and oxygen atoms in total. The Labute approximate surface area is 96.6 Å². The van der Waals surface area contributed by atoms with E-state index in [1.807, 2.05) is 20.8 Å². The Balaban J connectivity index is 1.97. The molecule has 2 aliphatic rings. The van der Waals surface area contributed by atoms with Gasteiger partial charge >= 0.3 is 6.09 Å². The largest absolute Gasteiger partial charge is 0.444 e. The summed E-state index contributed by atoms with van der Waals surface area (Å²) in [4.78, 5) is 13.7. The molecule has 1 amide bonds. The van der Waals surface area contributed by atoms with Crippen molar-refractivity contribution in [1.29, 1.82) is 0 Å². The molecule has 2 rings (SSSR count). The fraction of sp³-hybridized carbons (Fsp3) is 0.917. The van der Waals surface area contributed by atoms with Crippen molar-refractivity contribution in [2.45, 2.75) is 57.8 Å². The molecule has 0 aromatic rings. The van der Waals surface area contributed by atoms with Crippen LogP contribution in [0.25, 0.3) is 0 Å². The number of aliphatic hydroxyl groups excluding tert-OH is 1. The van der Waals surface area contributed by atoms with E-state index >= 15 is 0 Å². The van der Waals surface area contributed by atoms with Crippen molar-refractivity contribution >= 4 is 6.09 Å². The van der Waals surface area contributed by atoms with E-state index in [9.17, 15) is 9.90 Å². The van der Waals surface area contributed by atoms with E-state index < -0.39 is 5.60 Å². The molecule has 1 heterocycles. The van der Waals surface area contributed by atoms with Gasteiger partial charge < -0.3 is 14.7 Å². The highest BCUT2D eigenvalue weighted by molar-refractivity contribution is 5.69. The summed E-state index contributed by atoms with van der Waals surface area (Å²) in [5.41, 5.74) is -0.438. The number of fused-ring (bicyclic) bond motifs is 1. The lowest BCUT2D eigenvalue weighted by Gasteiger charge is -2.50. The molecule has 1 saturated carbocycles. The van der Waals surface area contributed by atoms with Crippen LogP contribution in [0.2, 0.25) is 0 Å². The van der Waals surface area contributed by atoms with Crippen LogP contribution in [0.4, 0.5) is 4.79 Å². The molecule has 1 aliphatic heterocycles. The van der Waals surface area contributed by atoms with E-state index in [2.05, 4.69) is 0 Å². The SMILES string of the molecule is CC(C)(C)OC(=O)N1CCC(O)[C@@H]2CC[C@@H]21. The van der Waals surface area contributed by atoms with E-state index in [1.165, 1.54) is 0 Å². The van der Waals surface area contributed by atoms with Gasteiger partial charge in [-0.25, -0.2) is 4.79 Å². The molecular weight excluding hydrogens is 206 g/mol. The molecule has 0 spiro atoms. The first-order valence-electron chi connectivity index (χ1n) is 6.06. The molecule has 3 atom stereocenters. The number of hydrogen-bond donors (Lipinski definition) is 1. The Morgan fingerprint density at radius 1 is 1.31 bits per heavy atom. The van der Waals surface area contributed by atoms with Crippen LogP contribution in [0.3, 0.4) is 0 Å². The van der Waals surface area contributed by atoms with Gasteiger partial charge in [0.25, 0.3) is 0 Å². The topological polar surface area (TPSA) is 49.8 Å². The summed E-state index contributed by atoms with van der Waals surface area (Å²) in [5.74, 6) is 0.279. The molecule has 1 N–H and O–H groups in total. The number of carbonyl (C=O) groups excluding carboxylic acids is 1. The lowest BCUT2D eigenvalue weighted by Crippen LogP contribution is -2.59. The maximum Gasteiger partial charge on any atom is 0.410 e. The fourth-order valence-electron chi connectivity index (χ4n) is 2.54. The number of hydrogen-bond acceptors (Lipinski definition) is 3. The third kappa shape index (κ3) is 2.17. The van der Waals surface area contributed by atoms with E-state index in [1.54, 1.807) is 4.90 Å². The molecule has 4 heteroatoms. The summed E-state index contributed by atoms with van der Waals surface area (Å²) < 4.78 is 5.37. The quantitative estimate of drug-likeness (QED) is 0.686. The first-order valence-corrected chi connectivity index (χ1v) is 6.06. The standard InChI is InChI=1S/C12H21NO3/c1-12(2,3)16-11(15)13-7-6-10(14)8-4-5-9(8)13/h8-10,14H,4-7H2,1-3H3/t8-,9+,10?/m1/s1. The van der Waals surface area contributed by atoms with Crippen LogP contribution in [0, 0.1) is 5.92 Å². The summed E-state index contributed by atoms with van der Waals surface area (Å²) in [5, 5.41) is 9.75. The van der Waals surface area contributed by atoms with Crippen molar-refractivity contribution in [3.05, 3.63) is 0 Å². The zero-order chi connectivity index (χ0) is 11.9. The molecule has 0 aromatic heterocycles. The fourth-order valence-corrected chi connectivity index (χ4v) is 2.54. The molecule has 0 radical (unpaired) electrons. The highest BCUT2D eigenvalue weighted by Gasteiger charge is 2.46. The number of likely N-dealkylation sites (tertiary alicyclic amines) is 1. The Hall–Kier alpha value is -0.770. The highest BCUT2D eigenvalue weighted by Crippen LogP contribution is 2.39. The van der Waals surface area contributed by atoms with Gasteiger partial charge in [-0.15, -0.1) is 0 Å². The Morgan fingerprint density at radius 3 is 2.50 bits per heavy atom. The number of ether oxygens (including phenoxy) is 1. The maximum absolute atomic E-state index is 11.9. The van der Waals surface area contributed by atoms with Crippen molar-refractivity contribution in [2.75, 3.05) is 6.54 Å². The predicted molar refractivity (Wildman–Crippen MR) is 60.1 cm³/mol. The monoisotopic (exact) mass is 227 g/mol. The van der Waals surface area contributed by atoms with Gasteiger partial charge in [0.05, 0.1) is 6.10 Å². The Morgan fingerprint density at radius 2 is 2.00 bits per heavy atom. The Bertz CT molecular complexity index is 284. The summed E-state index contributed by atoms with van der Waals surface area (Å²) in [6, 6.07) is 0.207. The van der Waals surface area contributed by atoms with Gasteiger partial charge in [-0.05, 0) is 40.0 Å². The first kappa shape index (κ1) is 11.7. The van der Waals surface area contributed by atoms with Gasteiger partial charge in [0.1, 0.15) is 5.60 Å². The van der Waals surface area contributed by atoms with Crippen molar-refractivity contribution in [1.82, 2.24) is 4.90 Å². The number of aliphatic hydroxyl groups is 1. The van der Waals surface area contributed by atoms with Crippen LogP contribution in [0.15, 0.2) is 0 Å². The number of rotatable bonds is 0. The van der Waals surface area contributed by atoms with Crippen LogP contribution in [-0.2, 0) is 4.74 Å². The third-order valence-corrected chi connectivity index (χ3v) is 3.48. The van der Waals surface area contributed by atoms with Crippen LogP contribution < -0.4 is 0 Å². The smallest absolute Gasteiger partial charge is 0.410 e. The summed E-state index contributed by atoms with van der Waals surface area (Å²) in [6.45, 7) is 6.25. The zero-order valence-corrected chi connectivity index (χ0v) is 10.3. The maximum atomic E-state index is 11.9. The first-order chi connectivity index (χ1) is 7.38. The molecule has 1 saturated heterocycles. The highest BCUT2D eigenvalue weighted by atomic mass is 16.6. The predicted octanol–water partition coefficient (Wildman–Crippen LogP) is 1.77. The minimum atomic E-state index is -0.438. The normalized spacial score (nSPS) is 34.0. The minimum absolute atomic E-state index is 0.207. The third-order valence-electron chi connectivity index (χ3n) is 3.48. The summed E-state index contributed by atoms with van der Waals surface area (Å²) in [6.07, 6.45) is 2.26. The molecule has 1 aliphatic carbocycles.